The highest BCUT2D eigenvalue weighted by Crippen LogP contribution is 2.20. The van der Waals surface area contributed by atoms with Gasteiger partial charge >= 0.3 is 0 Å². The number of rotatable bonds is 5. The molecule has 1 aliphatic rings. The highest BCUT2D eigenvalue weighted by atomic mass is 35.5. The van der Waals surface area contributed by atoms with Gasteiger partial charge in [-0.1, -0.05) is 23.7 Å². The number of nitrogens with one attached hydrogen (secondary N) is 1. The largest absolute Gasteiger partial charge is 0.508 e. The Balaban J connectivity index is 1.46. The molecule has 138 valence electrons. The van der Waals surface area contributed by atoms with E-state index < -0.39 is 0 Å². The molecule has 26 heavy (non-hydrogen) atoms. The fraction of sp³-hybridized carbons (Fsp3) is 0.350. The molecule has 1 saturated heterocycles. The second-order valence-electron chi connectivity index (χ2n) is 6.54. The molecule has 0 unspecified atom stereocenters. The van der Waals surface area contributed by atoms with E-state index >= 15 is 0 Å². The molecule has 0 aromatic heterocycles. The van der Waals surface area contributed by atoms with Gasteiger partial charge in [0, 0.05) is 42.9 Å². The van der Waals surface area contributed by atoms with Gasteiger partial charge in [0.1, 0.15) is 5.75 Å². The predicted octanol–water partition coefficient (Wildman–Crippen LogP) is 3.05. The van der Waals surface area contributed by atoms with Crippen molar-refractivity contribution in [3.63, 3.8) is 0 Å². The third-order valence-corrected chi connectivity index (χ3v) is 5.03. The van der Waals surface area contributed by atoms with Gasteiger partial charge in [-0.2, -0.15) is 0 Å². The van der Waals surface area contributed by atoms with Crippen molar-refractivity contribution in [1.29, 1.82) is 0 Å². The van der Waals surface area contributed by atoms with Crippen molar-refractivity contribution < 1.29 is 9.90 Å². The maximum Gasteiger partial charge on any atom is 0.236 e. The SMILES string of the molecule is C[C@H](NCC(=O)N1CCN(c2ccc(O)cc2)CC1)c1ccc(Cl)cc1. The Morgan fingerprint density at radius 1 is 1.08 bits per heavy atom. The van der Waals surface area contributed by atoms with E-state index in [1.54, 1.807) is 12.1 Å². The molecule has 1 heterocycles. The fourth-order valence-corrected chi connectivity index (χ4v) is 3.23. The summed E-state index contributed by atoms with van der Waals surface area (Å²) in [5.41, 5.74) is 2.18. The van der Waals surface area contributed by atoms with Gasteiger partial charge in [0.25, 0.3) is 0 Å². The molecular formula is C20H24ClN3O2. The van der Waals surface area contributed by atoms with Crippen LogP contribution >= 0.6 is 11.6 Å². The van der Waals surface area contributed by atoms with Crippen LogP contribution in [0.4, 0.5) is 5.69 Å². The highest BCUT2D eigenvalue weighted by Gasteiger charge is 2.21. The number of anilines is 1. The van der Waals surface area contributed by atoms with E-state index in [0.717, 1.165) is 24.3 Å². The van der Waals surface area contributed by atoms with Crippen LogP contribution in [0.15, 0.2) is 48.5 Å². The maximum atomic E-state index is 12.5. The molecule has 0 aliphatic carbocycles. The zero-order chi connectivity index (χ0) is 18.5. The minimum absolute atomic E-state index is 0.0921. The summed E-state index contributed by atoms with van der Waals surface area (Å²) in [5.74, 6) is 0.389. The second-order valence-corrected chi connectivity index (χ2v) is 6.97. The molecule has 6 heteroatoms. The van der Waals surface area contributed by atoms with Crippen LogP contribution in [-0.4, -0.2) is 48.6 Å². The summed E-state index contributed by atoms with van der Waals surface area (Å²) in [7, 11) is 0. The molecule has 1 amide bonds. The second kappa shape index (κ2) is 8.43. The van der Waals surface area contributed by atoms with Crippen LogP contribution in [0, 0.1) is 0 Å². The van der Waals surface area contributed by atoms with Gasteiger partial charge in [-0.05, 0) is 48.9 Å². The molecule has 3 rings (SSSR count). The van der Waals surface area contributed by atoms with E-state index in [1.807, 2.05) is 48.2 Å². The lowest BCUT2D eigenvalue weighted by Gasteiger charge is -2.36. The molecule has 2 aromatic rings. The Hall–Kier alpha value is -2.24. The Morgan fingerprint density at radius 3 is 2.31 bits per heavy atom. The van der Waals surface area contributed by atoms with Crippen molar-refractivity contribution in [1.82, 2.24) is 10.2 Å². The smallest absolute Gasteiger partial charge is 0.236 e. The number of phenolic OH excluding ortho intramolecular Hbond substituents is 1. The lowest BCUT2D eigenvalue weighted by molar-refractivity contribution is -0.130. The summed E-state index contributed by atoms with van der Waals surface area (Å²) in [5, 5.41) is 13.4. The first-order valence-corrected chi connectivity index (χ1v) is 9.21. The molecule has 1 atom stereocenters. The van der Waals surface area contributed by atoms with Gasteiger partial charge in [-0.15, -0.1) is 0 Å². The lowest BCUT2D eigenvalue weighted by Crippen LogP contribution is -2.51. The van der Waals surface area contributed by atoms with Gasteiger partial charge in [-0.25, -0.2) is 0 Å². The number of phenols is 1. The highest BCUT2D eigenvalue weighted by molar-refractivity contribution is 6.30. The molecule has 0 saturated carbocycles. The third-order valence-electron chi connectivity index (χ3n) is 4.78. The summed E-state index contributed by atoms with van der Waals surface area (Å²) in [4.78, 5) is 16.6. The first kappa shape index (κ1) is 18.5. The molecule has 2 aromatic carbocycles. The molecule has 5 nitrogen and oxygen atoms in total. The number of benzene rings is 2. The number of carbonyl (C=O) groups excluding carboxylic acids is 1. The number of piperazine rings is 1. The van der Waals surface area contributed by atoms with Crippen LogP contribution in [0.2, 0.25) is 5.02 Å². The van der Waals surface area contributed by atoms with Crippen LogP contribution in [0.5, 0.6) is 5.75 Å². The number of halogens is 1. The Bertz CT molecular complexity index is 726. The van der Waals surface area contributed by atoms with E-state index in [-0.39, 0.29) is 17.7 Å². The quantitative estimate of drug-likeness (QED) is 0.845. The first-order valence-electron chi connectivity index (χ1n) is 8.83. The zero-order valence-electron chi connectivity index (χ0n) is 14.9. The van der Waals surface area contributed by atoms with E-state index in [0.29, 0.717) is 24.7 Å². The Kier molecular flexibility index (Phi) is 6.01. The minimum Gasteiger partial charge on any atom is -0.508 e. The monoisotopic (exact) mass is 373 g/mol. The summed E-state index contributed by atoms with van der Waals surface area (Å²) in [6, 6.07) is 14.9. The third kappa shape index (κ3) is 4.68. The van der Waals surface area contributed by atoms with Crippen LogP contribution in [0.1, 0.15) is 18.5 Å². The molecule has 1 aliphatic heterocycles. The standard InChI is InChI=1S/C20H24ClN3O2/c1-15(16-2-4-17(21)5-3-16)22-14-20(26)24-12-10-23(11-13-24)18-6-8-19(25)9-7-18/h2-9,15,22,25H,10-14H2,1H3/t15-/m0/s1. The Labute approximate surface area is 159 Å². The van der Waals surface area contributed by atoms with E-state index in [2.05, 4.69) is 10.2 Å². The van der Waals surface area contributed by atoms with Gasteiger partial charge in [0.15, 0.2) is 0 Å². The minimum atomic E-state index is 0.0921. The van der Waals surface area contributed by atoms with Crippen molar-refractivity contribution in [3.8, 4) is 5.75 Å². The summed E-state index contributed by atoms with van der Waals surface area (Å²) in [6.07, 6.45) is 0. The average molecular weight is 374 g/mol. The van der Waals surface area contributed by atoms with Gasteiger partial charge in [0.05, 0.1) is 6.54 Å². The van der Waals surface area contributed by atoms with Crippen molar-refractivity contribution in [2.24, 2.45) is 0 Å². The molecule has 0 spiro atoms. The van der Waals surface area contributed by atoms with Gasteiger partial charge in [-0.3, -0.25) is 4.79 Å². The van der Waals surface area contributed by atoms with Gasteiger partial charge < -0.3 is 20.2 Å². The van der Waals surface area contributed by atoms with Crippen LogP contribution < -0.4 is 10.2 Å². The number of amides is 1. The molecule has 2 N–H and O–H groups in total. The molecule has 1 fully saturated rings. The number of aromatic hydroxyl groups is 1. The van der Waals surface area contributed by atoms with Crippen molar-refractivity contribution >= 4 is 23.2 Å². The van der Waals surface area contributed by atoms with E-state index in [1.165, 1.54) is 0 Å². The Morgan fingerprint density at radius 2 is 1.69 bits per heavy atom. The van der Waals surface area contributed by atoms with Crippen molar-refractivity contribution in [3.05, 3.63) is 59.1 Å². The van der Waals surface area contributed by atoms with Crippen LogP contribution in [0.3, 0.4) is 0 Å². The van der Waals surface area contributed by atoms with Crippen LogP contribution in [-0.2, 0) is 4.79 Å². The number of carbonyl (C=O) groups is 1. The van der Waals surface area contributed by atoms with Crippen molar-refractivity contribution in [2.75, 3.05) is 37.6 Å². The zero-order valence-corrected chi connectivity index (χ0v) is 15.6. The summed E-state index contributed by atoms with van der Waals surface area (Å²) >= 11 is 5.91. The van der Waals surface area contributed by atoms with Gasteiger partial charge in [0.2, 0.25) is 5.91 Å². The molecular weight excluding hydrogens is 350 g/mol. The topological polar surface area (TPSA) is 55.8 Å². The van der Waals surface area contributed by atoms with Crippen LogP contribution in [0.25, 0.3) is 0 Å². The number of hydrogen-bond acceptors (Lipinski definition) is 4. The summed E-state index contributed by atoms with van der Waals surface area (Å²) in [6.45, 7) is 5.36. The fourth-order valence-electron chi connectivity index (χ4n) is 3.10. The van der Waals surface area contributed by atoms with Crippen molar-refractivity contribution in [2.45, 2.75) is 13.0 Å². The number of hydrogen-bond donors (Lipinski definition) is 2. The van der Waals surface area contributed by atoms with E-state index in [9.17, 15) is 9.90 Å². The van der Waals surface area contributed by atoms with E-state index in [4.69, 9.17) is 11.6 Å². The summed E-state index contributed by atoms with van der Waals surface area (Å²) < 4.78 is 0. The molecule has 0 radical (unpaired) electrons. The first-order chi connectivity index (χ1) is 12.5. The maximum absolute atomic E-state index is 12.5. The number of nitrogens with zero attached hydrogens (tertiary/aromatic N) is 2. The lowest BCUT2D eigenvalue weighted by atomic mass is 10.1. The normalized spacial score (nSPS) is 15.8. The predicted molar refractivity (Wildman–Crippen MR) is 105 cm³/mol. The average Bonchev–Trinajstić information content (AvgIpc) is 2.67. The molecule has 0 bridgehead atoms.